The Kier molecular flexibility index (Phi) is 8.90. The van der Waals surface area contributed by atoms with E-state index in [2.05, 4.69) is 31.4 Å². The highest BCUT2D eigenvalue weighted by Gasteiger charge is 2.30. The van der Waals surface area contributed by atoms with Gasteiger partial charge in [-0.15, -0.1) is 0 Å². The fraction of sp³-hybridized carbons (Fsp3) is 0.938. The molecule has 5 heteroatoms. The standard InChI is InChI=1S/C16H34N2O3/c1-8-16(9-2,12-17-10-13(3)11-20-7)18-14(19)21-15(4,5)6/h13,17H,8-12H2,1-7H3,(H,18,19). The maximum Gasteiger partial charge on any atom is 0.408 e. The molecule has 1 unspecified atom stereocenters. The van der Waals surface area contributed by atoms with Crippen LogP contribution in [-0.2, 0) is 9.47 Å². The second-order valence-electron chi connectivity index (χ2n) is 6.81. The number of carbonyl (C=O) groups is 1. The first-order chi connectivity index (χ1) is 9.68. The van der Waals surface area contributed by atoms with Gasteiger partial charge in [0.1, 0.15) is 5.60 Å². The predicted octanol–water partition coefficient (Wildman–Crippen LogP) is 2.94. The van der Waals surface area contributed by atoms with Crippen molar-refractivity contribution in [2.24, 2.45) is 5.92 Å². The number of ether oxygens (including phenoxy) is 2. The lowest BCUT2D eigenvalue weighted by Gasteiger charge is -2.34. The van der Waals surface area contributed by atoms with Crippen molar-refractivity contribution >= 4 is 6.09 Å². The predicted molar refractivity (Wildman–Crippen MR) is 86.6 cm³/mol. The van der Waals surface area contributed by atoms with Gasteiger partial charge in [-0.05, 0) is 46.1 Å². The fourth-order valence-electron chi connectivity index (χ4n) is 2.14. The molecule has 126 valence electrons. The van der Waals surface area contributed by atoms with E-state index in [-0.39, 0.29) is 11.6 Å². The van der Waals surface area contributed by atoms with E-state index in [0.717, 1.165) is 32.5 Å². The summed E-state index contributed by atoms with van der Waals surface area (Å²) < 4.78 is 10.5. The van der Waals surface area contributed by atoms with Crippen LogP contribution in [0.1, 0.15) is 54.4 Å². The smallest absolute Gasteiger partial charge is 0.408 e. The van der Waals surface area contributed by atoms with Gasteiger partial charge in [0, 0.05) is 20.3 Å². The first-order valence-corrected chi connectivity index (χ1v) is 7.89. The second kappa shape index (κ2) is 9.26. The van der Waals surface area contributed by atoms with Gasteiger partial charge in [-0.1, -0.05) is 20.8 Å². The number of alkyl carbamates (subject to hydrolysis) is 1. The van der Waals surface area contributed by atoms with Crippen molar-refractivity contribution in [3.63, 3.8) is 0 Å². The van der Waals surface area contributed by atoms with Crippen LogP contribution in [0, 0.1) is 5.92 Å². The molecule has 0 aromatic carbocycles. The third-order valence-electron chi connectivity index (χ3n) is 3.53. The molecular formula is C16H34N2O3. The van der Waals surface area contributed by atoms with Crippen LogP contribution in [-0.4, -0.2) is 44.0 Å². The van der Waals surface area contributed by atoms with E-state index < -0.39 is 5.60 Å². The molecule has 0 bridgehead atoms. The number of carbonyl (C=O) groups excluding carboxylic acids is 1. The number of hydrogen-bond acceptors (Lipinski definition) is 4. The van der Waals surface area contributed by atoms with Crippen molar-refractivity contribution in [2.75, 3.05) is 26.8 Å². The summed E-state index contributed by atoms with van der Waals surface area (Å²) in [7, 11) is 1.71. The van der Waals surface area contributed by atoms with Crippen LogP contribution in [0.3, 0.4) is 0 Å². The Bertz CT molecular complexity index is 296. The molecule has 1 amide bonds. The third kappa shape index (κ3) is 8.94. The molecule has 0 aromatic rings. The Labute approximate surface area is 130 Å². The number of hydrogen-bond donors (Lipinski definition) is 2. The molecule has 0 fully saturated rings. The Balaban J connectivity index is 4.45. The quantitative estimate of drug-likeness (QED) is 0.687. The zero-order chi connectivity index (χ0) is 16.5. The number of rotatable bonds is 9. The van der Waals surface area contributed by atoms with Crippen LogP contribution in [0.5, 0.6) is 0 Å². The molecule has 0 radical (unpaired) electrons. The maximum atomic E-state index is 12.0. The lowest BCUT2D eigenvalue weighted by Crippen LogP contribution is -2.55. The monoisotopic (exact) mass is 302 g/mol. The van der Waals surface area contributed by atoms with E-state index in [1.807, 2.05) is 20.8 Å². The van der Waals surface area contributed by atoms with Gasteiger partial charge in [-0.3, -0.25) is 0 Å². The Morgan fingerprint density at radius 3 is 2.19 bits per heavy atom. The summed E-state index contributed by atoms with van der Waals surface area (Å²) in [5.74, 6) is 0.447. The minimum absolute atomic E-state index is 0.269. The summed E-state index contributed by atoms with van der Waals surface area (Å²) in [5.41, 5.74) is -0.743. The summed E-state index contributed by atoms with van der Waals surface area (Å²) in [6, 6.07) is 0. The van der Waals surface area contributed by atoms with Crippen LogP contribution in [0.25, 0.3) is 0 Å². The van der Waals surface area contributed by atoms with Gasteiger partial charge in [0.05, 0.1) is 5.54 Å². The molecule has 0 aliphatic carbocycles. The van der Waals surface area contributed by atoms with Crippen molar-refractivity contribution < 1.29 is 14.3 Å². The van der Waals surface area contributed by atoms with E-state index >= 15 is 0 Å². The summed E-state index contributed by atoms with van der Waals surface area (Å²) in [6.45, 7) is 14.3. The SMILES string of the molecule is CCC(CC)(CNCC(C)COC)NC(=O)OC(C)(C)C. The molecule has 0 aromatic heterocycles. The summed E-state index contributed by atoms with van der Waals surface area (Å²) in [6.07, 6.45) is 1.36. The van der Waals surface area contributed by atoms with Crippen molar-refractivity contribution in [2.45, 2.75) is 65.5 Å². The molecule has 0 aliphatic rings. The molecule has 0 spiro atoms. The first kappa shape index (κ1) is 20.2. The topological polar surface area (TPSA) is 59.6 Å². The minimum Gasteiger partial charge on any atom is -0.444 e. The zero-order valence-corrected chi connectivity index (χ0v) is 14.8. The van der Waals surface area contributed by atoms with Crippen molar-refractivity contribution in [1.82, 2.24) is 10.6 Å². The van der Waals surface area contributed by atoms with E-state index in [0.29, 0.717) is 5.92 Å². The average Bonchev–Trinajstić information content (AvgIpc) is 2.35. The van der Waals surface area contributed by atoms with E-state index in [1.165, 1.54) is 0 Å². The van der Waals surface area contributed by atoms with E-state index in [4.69, 9.17) is 9.47 Å². The molecule has 2 N–H and O–H groups in total. The second-order valence-corrected chi connectivity index (χ2v) is 6.81. The fourth-order valence-corrected chi connectivity index (χ4v) is 2.14. The molecule has 1 atom stereocenters. The Hall–Kier alpha value is -0.810. The normalized spacial score (nSPS) is 13.9. The summed E-state index contributed by atoms with van der Waals surface area (Å²) >= 11 is 0. The summed E-state index contributed by atoms with van der Waals surface area (Å²) in [4.78, 5) is 12.0. The van der Waals surface area contributed by atoms with Gasteiger partial charge in [0.25, 0.3) is 0 Å². The summed E-state index contributed by atoms with van der Waals surface area (Å²) in [5, 5.41) is 6.47. The molecule has 0 heterocycles. The number of methoxy groups -OCH3 is 1. The maximum absolute atomic E-state index is 12.0. The minimum atomic E-state index is -0.474. The third-order valence-corrected chi connectivity index (χ3v) is 3.53. The van der Waals surface area contributed by atoms with Crippen molar-refractivity contribution in [3.05, 3.63) is 0 Å². The van der Waals surface area contributed by atoms with E-state index in [9.17, 15) is 4.79 Å². The highest BCUT2D eigenvalue weighted by Crippen LogP contribution is 2.16. The molecule has 0 saturated carbocycles. The average molecular weight is 302 g/mol. The molecule has 0 saturated heterocycles. The van der Waals surface area contributed by atoms with Gasteiger partial charge in [0.15, 0.2) is 0 Å². The van der Waals surface area contributed by atoms with Crippen molar-refractivity contribution in [1.29, 1.82) is 0 Å². The van der Waals surface area contributed by atoms with Gasteiger partial charge in [-0.2, -0.15) is 0 Å². The zero-order valence-electron chi connectivity index (χ0n) is 14.8. The lowest BCUT2D eigenvalue weighted by molar-refractivity contribution is 0.0444. The molecule has 0 rings (SSSR count). The Morgan fingerprint density at radius 1 is 1.19 bits per heavy atom. The Morgan fingerprint density at radius 2 is 1.76 bits per heavy atom. The first-order valence-electron chi connectivity index (χ1n) is 7.89. The van der Waals surface area contributed by atoms with Gasteiger partial charge < -0.3 is 20.1 Å². The lowest BCUT2D eigenvalue weighted by atomic mass is 9.92. The highest BCUT2D eigenvalue weighted by molar-refractivity contribution is 5.68. The van der Waals surface area contributed by atoms with Crippen LogP contribution in [0.15, 0.2) is 0 Å². The largest absolute Gasteiger partial charge is 0.444 e. The molecule has 0 aliphatic heterocycles. The van der Waals surface area contributed by atoms with Crippen molar-refractivity contribution in [3.8, 4) is 0 Å². The van der Waals surface area contributed by atoms with Crippen LogP contribution in [0.4, 0.5) is 4.79 Å². The van der Waals surface area contributed by atoms with Crippen LogP contribution >= 0.6 is 0 Å². The molecule has 21 heavy (non-hydrogen) atoms. The van der Waals surface area contributed by atoms with Gasteiger partial charge >= 0.3 is 6.09 Å². The highest BCUT2D eigenvalue weighted by atomic mass is 16.6. The van der Waals surface area contributed by atoms with E-state index in [1.54, 1.807) is 7.11 Å². The molecular weight excluding hydrogens is 268 g/mol. The van der Waals surface area contributed by atoms with Crippen LogP contribution < -0.4 is 10.6 Å². The van der Waals surface area contributed by atoms with Crippen LogP contribution in [0.2, 0.25) is 0 Å². The van der Waals surface area contributed by atoms with Gasteiger partial charge in [0.2, 0.25) is 0 Å². The molecule has 5 nitrogen and oxygen atoms in total. The number of amides is 1. The number of nitrogens with one attached hydrogen (secondary N) is 2. The van der Waals surface area contributed by atoms with Gasteiger partial charge in [-0.25, -0.2) is 4.79 Å².